The van der Waals surface area contributed by atoms with E-state index in [2.05, 4.69) is 31.2 Å². The third kappa shape index (κ3) is 5.25. The van der Waals surface area contributed by atoms with Crippen LogP contribution in [-0.4, -0.2) is 36.4 Å². The number of aromatic nitrogens is 2. The molecule has 0 aliphatic heterocycles. The summed E-state index contributed by atoms with van der Waals surface area (Å²) in [5.41, 5.74) is 6.56. The van der Waals surface area contributed by atoms with Crippen molar-refractivity contribution in [1.82, 2.24) is 9.61 Å². The zero-order chi connectivity index (χ0) is 22.2. The Morgan fingerprint density at radius 3 is 2.65 bits per heavy atom. The molecule has 0 radical (unpaired) electrons. The molecule has 0 unspecified atom stereocenters. The van der Waals surface area contributed by atoms with Gasteiger partial charge in [-0.2, -0.15) is 5.10 Å². The molecular formula is C25H32N2O4. The van der Waals surface area contributed by atoms with Crippen LogP contribution >= 0.6 is 0 Å². The molecule has 1 aromatic carbocycles. The minimum Gasteiger partial charge on any atom is -0.497 e. The Kier molecular flexibility index (Phi) is 8.06. The number of hydrogen-bond donors (Lipinski definition) is 0. The first-order valence-corrected chi connectivity index (χ1v) is 10.9. The first kappa shape index (κ1) is 22.8. The normalized spacial score (nSPS) is 11.1. The largest absolute Gasteiger partial charge is 0.497 e. The van der Waals surface area contributed by atoms with Crippen molar-refractivity contribution in [3.05, 3.63) is 53.3 Å². The second-order valence-electron chi connectivity index (χ2n) is 7.45. The van der Waals surface area contributed by atoms with Crippen molar-refractivity contribution in [3.8, 4) is 16.9 Å². The molecule has 166 valence electrons. The Balaban J connectivity index is 2.06. The molecule has 6 heteroatoms. The Hall–Kier alpha value is -2.86. The minimum absolute atomic E-state index is 0.139. The molecule has 0 saturated carbocycles. The minimum atomic E-state index is -0.139. The van der Waals surface area contributed by atoms with Gasteiger partial charge in [-0.1, -0.05) is 19.1 Å². The molecule has 0 fully saturated rings. The number of carbonyl (C=O) groups excluding carboxylic acids is 1. The molecule has 0 saturated heterocycles. The van der Waals surface area contributed by atoms with Crippen LogP contribution < -0.4 is 4.74 Å². The van der Waals surface area contributed by atoms with Crippen molar-refractivity contribution < 1.29 is 19.0 Å². The summed E-state index contributed by atoms with van der Waals surface area (Å²) in [6.45, 7) is 4.82. The van der Waals surface area contributed by atoms with Crippen molar-refractivity contribution in [1.29, 1.82) is 0 Å². The van der Waals surface area contributed by atoms with Crippen molar-refractivity contribution in [2.24, 2.45) is 0 Å². The number of esters is 1. The predicted molar refractivity (Wildman–Crippen MR) is 121 cm³/mol. The molecule has 0 N–H and O–H groups in total. The lowest BCUT2D eigenvalue weighted by molar-refractivity contribution is -0.143. The zero-order valence-corrected chi connectivity index (χ0v) is 18.9. The van der Waals surface area contributed by atoms with Gasteiger partial charge in [0.05, 0.1) is 31.5 Å². The zero-order valence-electron chi connectivity index (χ0n) is 18.9. The maximum absolute atomic E-state index is 11.7. The number of hydrogen-bond acceptors (Lipinski definition) is 5. The summed E-state index contributed by atoms with van der Waals surface area (Å²) in [4.78, 5) is 11.7. The summed E-state index contributed by atoms with van der Waals surface area (Å²) in [5.74, 6) is 0.677. The van der Waals surface area contributed by atoms with Gasteiger partial charge in [0, 0.05) is 24.8 Å². The van der Waals surface area contributed by atoms with Gasteiger partial charge in [-0.15, -0.1) is 0 Å². The smallest absolute Gasteiger partial charge is 0.305 e. The number of aryl methyl sites for hydroxylation is 1. The van der Waals surface area contributed by atoms with Crippen LogP contribution in [0.2, 0.25) is 0 Å². The number of fused-ring (bicyclic) bond motifs is 1. The summed E-state index contributed by atoms with van der Waals surface area (Å²) < 4.78 is 18.1. The Morgan fingerprint density at radius 1 is 1.10 bits per heavy atom. The summed E-state index contributed by atoms with van der Waals surface area (Å²) in [6.07, 6.45) is 3.77. The lowest BCUT2D eigenvalue weighted by Crippen LogP contribution is -2.10. The van der Waals surface area contributed by atoms with E-state index >= 15 is 0 Å². The molecule has 0 atom stereocenters. The quantitative estimate of drug-likeness (QED) is 0.320. The van der Waals surface area contributed by atoms with Crippen LogP contribution in [-0.2, 0) is 33.7 Å². The first-order valence-electron chi connectivity index (χ1n) is 10.9. The maximum atomic E-state index is 11.7. The molecule has 3 aromatic rings. The van der Waals surface area contributed by atoms with Gasteiger partial charge in [0.15, 0.2) is 0 Å². The van der Waals surface area contributed by atoms with Crippen LogP contribution in [0.15, 0.2) is 36.4 Å². The highest BCUT2D eigenvalue weighted by Gasteiger charge is 2.19. The molecule has 2 aromatic heterocycles. The predicted octanol–water partition coefficient (Wildman–Crippen LogP) is 4.99. The van der Waals surface area contributed by atoms with E-state index < -0.39 is 0 Å². The van der Waals surface area contributed by atoms with Crippen LogP contribution in [0.5, 0.6) is 5.75 Å². The monoisotopic (exact) mass is 424 g/mol. The first-order chi connectivity index (χ1) is 15.1. The second-order valence-corrected chi connectivity index (χ2v) is 7.45. The van der Waals surface area contributed by atoms with E-state index in [-0.39, 0.29) is 5.97 Å². The molecule has 0 aliphatic rings. The highest BCUT2D eigenvalue weighted by Crippen LogP contribution is 2.34. The van der Waals surface area contributed by atoms with Gasteiger partial charge in [0.25, 0.3) is 0 Å². The van der Waals surface area contributed by atoms with E-state index in [1.807, 2.05) is 23.6 Å². The van der Waals surface area contributed by atoms with Gasteiger partial charge in [0.2, 0.25) is 0 Å². The second kappa shape index (κ2) is 11.0. The SMILES string of the molecule is CCOC(=O)CCCCc1c(COC)nn2c(CC)ccc2c1-c1cccc(OC)c1. The van der Waals surface area contributed by atoms with E-state index in [0.717, 1.165) is 65.0 Å². The molecule has 0 spiro atoms. The van der Waals surface area contributed by atoms with Gasteiger partial charge in [-0.05, 0) is 68.0 Å². The summed E-state index contributed by atoms with van der Waals surface area (Å²) in [5, 5.41) is 4.94. The number of rotatable bonds is 11. The number of ether oxygens (including phenoxy) is 3. The van der Waals surface area contributed by atoms with Gasteiger partial charge in [0.1, 0.15) is 5.75 Å². The summed E-state index contributed by atoms with van der Waals surface area (Å²) in [7, 11) is 3.37. The van der Waals surface area contributed by atoms with E-state index in [1.165, 1.54) is 0 Å². The third-order valence-electron chi connectivity index (χ3n) is 5.43. The van der Waals surface area contributed by atoms with Crippen molar-refractivity contribution in [2.75, 3.05) is 20.8 Å². The van der Waals surface area contributed by atoms with E-state index in [9.17, 15) is 4.79 Å². The van der Waals surface area contributed by atoms with Crippen LogP contribution in [0.4, 0.5) is 0 Å². The molecular weight excluding hydrogens is 392 g/mol. The van der Waals surface area contributed by atoms with E-state index in [1.54, 1.807) is 14.2 Å². The standard InChI is InChI=1S/C25H32N2O4/c1-5-19-14-15-23-25(18-10-9-11-20(16-18)30-4)21(22(17-29-3)26-27(19)23)12-7-8-13-24(28)31-6-2/h9-11,14-16H,5-8,12-13,17H2,1-4H3. The highest BCUT2D eigenvalue weighted by molar-refractivity contribution is 5.84. The highest BCUT2D eigenvalue weighted by atomic mass is 16.5. The summed E-state index contributed by atoms with van der Waals surface area (Å²) in [6, 6.07) is 12.4. The van der Waals surface area contributed by atoms with Crippen LogP contribution in [0.25, 0.3) is 16.6 Å². The van der Waals surface area contributed by atoms with Crippen LogP contribution in [0.3, 0.4) is 0 Å². The lowest BCUT2D eigenvalue weighted by atomic mass is 9.94. The molecule has 2 heterocycles. The summed E-state index contributed by atoms with van der Waals surface area (Å²) >= 11 is 0. The molecule has 6 nitrogen and oxygen atoms in total. The topological polar surface area (TPSA) is 62.1 Å². The van der Waals surface area contributed by atoms with Gasteiger partial charge >= 0.3 is 5.97 Å². The van der Waals surface area contributed by atoms with Gasteiger partial charge < -0.3 is 14.2 Å². The fourth-order valence-corrected chi connectivity index (χ4v) is 3.95. The Morgan fingerprint density at radius 2 is 1.94 bits per heavy atom. The lowest BCUT2D eigenvalue weighted by Gasteiger charge is -2.18. The Labute approximate surface area is 184 Å². The average molecular weight is 425 g/mol. The molecule has 0 bridgehead atoms. The van der Waals surface area contributed by atoms with Crippen molar-refractivity contribution in [2.45, 2.75) is 52.6 Å². The number of benzene rings is 1. The fourth-order valence-electron chi connectivity index (χ4n) is 3.95. The van der Waals surface area contributed by atoms with E-state index in [0.29, 0.717) is 19.6 Å². The van der Waals surface area contributed by atoms with Crippen LogP contribution in [0.1, 0.15) is 50.1 Å². The number of unbranched alkanes of at least 4 members (excludes halogenated alkanes) is 1. The van der Waals surface area contributed by atoms with Crippen molar-refractivity contribution >= 4 is 11.5 Å². The molecule has 0 aliphatic carbocycles. The average Bonchev–Trinajstić information content (AvgIpc) is 3.19. The fraction of sp³-hybridized carbons (Fsp3) is 0.440. The maximum Gasteiger partial charge on any atom is 0.305 e. The third-order valence-corrected chi connectivity index (χ3v) is 5.43. The number of nitrogens with zero attached hydrogens (tertiary/aromatic N) is 2. The van der Waals surface area contributed by atoms with Gasteiger partial charge in [-0.3, -0.25) is 4.79 Å². The number of carbonyl (C=O) groups is 1. The molecule has 0 amide bonds. The van der Waals surface area contributed by atoms with Gasteiger partial charge in [-0.25, -0.2) is 4.52 Å². The van der Waals surface area contributed by atoms with E-state index in [4.69, 9.17) is 19.3 Å². The van der Waals surface area contributed by atoms with Crippen molar-refractivity contribution in [3.63, 3.8) is 0 Å². The molecule has 3 rings (SSSR count). The van der Waals surface area contributed by atoms with Crippen LogP contribution in [0, 0.1) is 0 Å². The molecule has 31 heavy (non-hydrogen) atoms. The Bertz CT molecular complexity index is 1030. The number of methoxy groups -OCH3 is 2.